The van der Waals surface area contributed by atoms with E-state index in [2.05, 4.69) is 4.98 Å². The van der Waals surface area contributed by atoms with Crippen molar-refractivity contribution >= 4 is 28.2 Å². The fraction of sp³-hybridized carbons (Fsp3) is 0.500. The second kappa shape index (κ2) is 4.61. The predicted octanol–water partition coefficient (Wildman–Crippen LogP) is 1.89. The van der Waals surface area contributed by atoms with Crippen LogP contribution in [0.5, 0.6) is 0 Å². The molecule has 6 heteroatoms. The van der Waals surface area contributed by atoms with Crippen LogP contribution in [0.15, 0.2) is 0 Å². The fourth-order valence-electron chi connectivity index (χ4n) is 1.06. The van der Waals surface area contributed by atoms with Crippen LogP contribution in [0.1, 0.15) is 40.9 Å². The van der Waals surface area contributed by atoms with Gasteiger partial charge in [0.2, 0.25) is 0 Å². The molecule has 0 amide bonds. The number of nitrogens with zero attached hydrogens (tertiary/aromatic N) is 2. The summed E-state index contributed by atoms with van der Waals surface area (Å²) in [4.78, 5) is 28.2. The van der Waals surface area contributed by atoms with Crippen LogP contribution in [-0.4, -0.2) is 34.9 Å². The minimum absolute atomic E-state index is 0.153. The summed E-state index contributed by atoms with van der Waals surface area (Å²) in [5, 5.41) is 9.48. The molecule has 5 nitrogen and oxygen atoms in total. The highest BCUT2D eigenvalue weighted by Crippen LogP contribution is 2.27. The van der Waals surface area contributed by atoms with Gasteiger partial charge in [-0.25, -0.2) is 9.78 Å². The molecule has 0 aromatic carbocycles. The van der Waals surface area contributed by atoms with Gasteiger partial charge in [-0.1, -0.05) is 11.3 Å². The molecule has 0 saturated heterocycles. The first-order valence-corrected chi connectivity index (χ1v) is 5.64. The Kier molecular flexibility index (Phi) is 3.64. The number of anilines is 1. The first-order chi connectivity index (χ1) is 7.34. The molecular formula is C10H14N2O3S. The van der Waals surface area contributed by atoms with Crippen LogP contribution in [0.4, 0.5) is 5.13 Å². The molecule has 0 spiro atoms. The Morgan fingerprint density at radius 1 is 1.44 bits per heavy atom. The van der Waals surface area contributed by atoms with Crippen LogP contribution in [0.3, 0.4) is 0 Å². The Bertz CT molecular complexity index is 394. The largest absolute Gasteiger partial charge is 0.476 e. The van der Waals surface area contributed by atoms with Gasteiger partial charge in [-0.15, -0.1) is 0 Å². The van der Waals surface area contributed by atoms with Crippen LogP contribution in [0.2, 0.25) is 0 Å². The van der Waals surface area contributed by atoms with Gasteiger partial charge in [0, 0.05) is 20.0 Å². The fourth-order valence-corrected chi connectivity index (χ4v) is 2.11. The zero-order chi connectivity index (χ0) is 12.5. The highest BCUT2D eigenvalue weighted by atomic mass is 32.1. The minimum Gasteiger partial charge on any atom is -0.476 e. The molecule has 16 heavy (non-hydrogen) atoms. The van der Waals surface area contributed by atoms with Gasteiger partial charge in [-0.3, -0.25) is 4.79 Å². The molecule has 0 unspecified atom stereocenters. The van der Waals surface area contributed by atoms with Gasteiger partial charge in [-0.05, 0) is 13.8 Å². The van der Waals surface area contributed by atoms with E-state index in [1.54, 1.807) is 0 Å². The molecule has 0 aliphatic carbocycles. The molecular weight excluding hydrogens is 228 g/mol. The lowest BCUT2D eigenvalue weighted by Crippen LogP contribution is -2.25. The van der Waals surface area contributed by atoms with E-state index in [4.69, 9.17) is 5.11 Å². The predicted molar refractivity (Wildman–Crippen MR) is 62.6 cm³/mol. The molecule has 0 bridgehead atoms. The smallest absolute Gasteiger partial charge is 0.356 e. The number of hydrogen-bond acceptors (Lipinski definition) is 5. The van der Waals surface area contributed by atoms with E-state index in [-0.39, 0.29) is 22.4 Å². The van der Waals surface area contributed by atoms with Crippen LogP contribution in [0.25, 0.3) is 0 Å². The first kappa shape index (κ1) is 12.6. The number of aromatic carboxylic acids is 1. The van der Waals surface area contributed by atoms with Crippen LogP contribution >= 0.6 is 11.3 Å². The Hall–Kier alpha value is -1.43. The van der Waals surface area contributed by atoms with E-state index < -0.39 is 5.97 Å². The molecule has 0 aliphatic rings. The van der Waals surface area contributed by atoms with Crippen LogP contribution in [0, 0.1) is 0 Å². The Morgan fingerprint density at radius 3 is 2.31 bits per heavy atom. The summed E-state index contributed by atoms with van der Waals surface area (Å²) in [6.45, 7) is 5.28. The van der Waals surface area contributed by atoms with Crippen LogP contribution in [-0.2, 0) is 0 Å². The third kappa shape index (κ3) is 2.38. The molecule has 88 valence electrons. The van der Waals surface area contributed by atoms with Crippen molar-refractivity contribution < 1.29 is 14.7 Å². The van der Waals surface area contributed by atoms with Gasteiger partial charge >= 0.3 is 5.97 Å². The van der Waals surface area contributed by atoms with Crippen molar-refractivity contribution in [3.05, 3.63) is 10.6 Å². The average molecular weight is 242 g/mol. The van der Waals surface area contributed by atoms with Gasteiger partial charge < -0.3 is 10.0 Å². The van der Waals surface area contributed by atoms with Crippen molar-refractivity contribution in [2.45, 2.75) is 26.8 Å². The Morgan fingerprint density at radius 2 is 2.00 bits per heavy atom. The molecule has 0 radical (unpaired) electrons. The SMILES string of the molecule is CC(=O)c1sc(N(C)C(C)C)nc1C(=O)O. The molecule has 0 saturated carbocycles. The van der Waals surface area contributed by atoms with E-state index in [1.807, 2.05) is 25.8 Å². The molecule has 1 N–H and O–H groups in total. The van der Waals surface area contributed by atoms with Gasteiger partial charge in [0.25, 0.3) is 0 Å². The monoisotopic (exact) mass is 242 g/mol. The number of ketones is 1. The molecule has 1 heterocycles. The van der Waals surface area contributed by atoms with Gasteiger partial charge in [0.15, 0.2) is 16.6 Å². The zero-order valence-electron chi connectivity index (χ0n) is 9.64. The third-order valence-corrected chi connectivity index (χ3v) is 3.46. The standard InChI is InChI=1S/C10H14N2O3S/c1-5(2)12(4)10-11-7(9(14)15)8(16-10)6(3)13/h5H,1-4H3,(H,14,15). The summed E-state index contributed by atoms with van der Waals surface area (Å²) >= 11 is 1.12. The second-order valence-electron chi connectivity index (χ2n) is 3.74. The topological polar surface area (TPSA) is 70.5 Å². The van der Waals surface area contributed by atoms with E-state index in [1.165, 1.54) is 6.92 Å². The molecule has 1 aromatic heterocycles. The summed E-state index contributed by atoms with van der Waals surface area (Å²) in [5.41, 5.74) is -0.153. The third-order valence-electron chi connectivity index (χ3n) is 2.21. The van der Waals surface area contributed by atoms with Crippen molar-refractivity contribution in [1.29, 1.82) is 0 Å². The highest BCUT2D eigenvalue weighted by molar-refractivity contribution is 7.17. The molecule has 0 atom stereocenters. The van der Waals surface area contributed by atoms with E-state index in [0.29, 0.717) is 5.13 Å². The van der Waals surface area contributed by atoms with Crippen molar-refractivity contribution in [2.75, 3.05) is 11.9 Å². The number of carbonyl (C=O) groups is 2. The average Bonchev–Trinajstić information content (AvgIpc) is 2.60. The summed E-state index contributed by atoms with van der Waals surface area (Å²) < 4.78 is 0. The van der Waals surface area contributed by atoms with Gasteiger partial charge in [0.1, 0.15) is 4.88 Å². The first-order valence-electron chi connectivity index (χ1n) is 4.82. The Balaban J connectivity index is 3.21. The number of rotatable bonds is 4. The maximum Gasteiger partial charge on any atom is 0.356 e. The molecule has 1 aromatic rings. The summed E-state index contributed by atoms with van der Waals surface area (Å²) in [6.07, 6.45) is 0. The lowest BCUT2D eigenvalue weighted by Gasteiger charge is -2.19. The molecule has 1 rings (SSSR count). The number of Topliss-reactive ketones (excluding diaryl/α,β-unsaturated/α-hetero) is 1. The van der Waals surface area contributed by atoms with Crippen molar-refractivity contribution in [2.24, 2.45) is 0 Å². The second-order valence-corrected chi connectivity index (χ2v) is 4.72. The quantitative estimate of drug-likeness (QED) is 0.816. The summed E-state index contributed by atoms with van der Waals surface area (Å²) in [6, 6.07) is 0.201. The van der Waals surface area contributed by atoms with E-state index in [0.717, 1.165) is 11.3 Å². The summed E-state index contributed by atoms with van der Waals surface area (Å²) in [7, 11) is 1.82. The van der Waals surface area contributed by atoms with Gasteiger partial charge in [-0.2, -0.15) is 0 Å². The van der Waals surface area contributed by atoms with Crippen molar-refractivity contribution in [3.63, 3.8) is 0 Å². The number of thiazole rings is 1. The lowest BCUT2D eigenvalue weighted by molar-refractivity contribution is 0.0687. The highest BCUT2D eigenvalue weighted by Gasteiger charge is 2.22. The van der Waals surface area contributed by atoms with E-state index in [9.17, 15) is 9.59 Å². The number of aromatic nitrogens is 1. The number of carboxylic acid groups (broad SMARTS) is 1. The maximum atomic E-state index is 11.3. The van der Waals surface area contributed by atoms with Crippen molar-refractivity contribution in [3.8, 4) is 0 Å². The number of hydrogen-bond donors (Lipinski definition) is 1. The van der Waals surface area contributed by atoms with Crippen molar-refractivity contribution in [1.82, 2.24) is 4.98 Å². The van der Waals surface area contributed by atoms with Crippen LogP contribution < -0.4 is 4.90 Å². The van der Waals surface area contributed by atoms with Gasteiger partial charge in [0.05, 0.1) is 0 Å². The number of carboxylic acids is 1. The Labute approximate surface area is 97.7 Å². The van der Waals surface area contributed by atoms with E-state index >= 15 is 0 Å². The minimum atomic E-state index is -1.16. The summed E-state index contributed by atoms with van der Waals surface area (Å²) in [5.74, 6) is -1.43. The lowest BCUT2D eigenvalue weighted by atomic mass is 10.3. The zero-order valence-corrected chi connectivity index (χ0v) is 10.5. The molecule has 0 fully saturated rings. The maximum absolute atomic E-state index is 11.3. The normalized spacial score (nSPS) is 10.6. The molecule has 0 aliphatic heterocycles. The number of carbonyl (C=O) groups excluding carboxylic acids is 1.